The number of rotatable bonds is 6. The number of carbonyl (C=O) groups excluding carboxylic acids is 2. The molecule has 2 amide bonds. The Balaban J connectivity index is 2.40. The number of hydrogen-bond acceptors (Lipinski definition) is 3. The first-order valence-electron chi connectivity index (χ1n) is 7.30. The summed E-state index contributed by atoms with van der Waals surface area (Å²) in [7, 11) is 0. The molecule has 0 aromatic heterocycles. The molecule has 120 valence electrons. The molecule has 0 aliphatic heterocycles. The number of hydrogen-bond donors (Lipinski definition) is 2. The largest absolute Gasteiger partial charge is 0.494 e. The van der Waals surface area contributed by atoms with Crippen LogP contribution in [-0.2, 0) is 9.59 Å². The van der Waals surface area contributed by atoms with Gasteiger partial charge in [0, 0.05) is 5.69 Å². The number of amides is 2. The van der Waals surface area contributed by atoms with E-state index in [9.17, 15) is 9.59 Å². The second-order valence-electron chi connectivity index (χ2n) is 5.92. The van der Waals surface area contributed by atoms with Crippen molar-refractivity contribution in [2.45, 2.75) is 27.7 Å². The third kappa shape index (κ3) is 7.47. The van der Waals surface area contributed by atoms with E-state index in [1.807, 2.05) is 27.7 Å². The first-order chi connectivity index (χ1) is 10.3. The van der Waals surface area contributed by atoms with Crippen molar-refractivity contribution in [3.63, 3.8) is 0 Å². The molecule has 0 bridgehead atoms. The van der Waals surface area contributed by atoms with E-state index in [0.717, 1.165) is 5.75 Å². The Morgan fingerprint density at radius 3 is 2.36 bits per heavy atom. The molecule has 1 aromatic carbocycles. The van der Waals surface area contributed by atoms with Crippen LogP contribution in [-0.4, -0.2) is 25.0 Å². The van der Waals surface area contributed by atoms with Crippen LogP contribution in [0.5, 0.6) is 5.75 Å². The average Bonchev–Trinajstić information content (AvgIpc) is 2.44. The fourth-order valence-corrected chi connectivity index (χ4v) is 1.56. The van der Waals surface area contributed by atoms with Gasteiger partial charge < -0.3 is 15.4 Å². The number of allylic oxidation sites excluding steroid dienone is 1. The highest BCUT2D eigenvalue weighted by atomic mass is 16.5. The molecule has 0 aliphatic carbocycles. The van der Waals surface area contributed by atoms with Crippen LogP contribution in [0.3, 0.4) is 0 Å². The van der Waals surface area contributed by atoms with E-state index < -0.39 is 0 Å². The highest BCUT2D eigenvalue weighted by molar-refractivity contribution is 5.96. The molecule has 0 unspecified atom stereocenters. The lowest BCUT2D eigenvalue weighted by atomic mass is 9.96. The number of ether oxygens (including phenoxy) is 1. The summed E-state index contributed by atoms with van der Waals surface area (Å²) in [5, 5.41) is 5.25. The zero-order chi connectivity index (χ0) is 16.6. The molecule has 0 saturated carbocycles. The van der Waals surface area contributed by atoms with Gasteiger partial charge in [-0.25, -0.2) is 0 Å². The molecule has 1 aromatic rings. The van der Waals surface area contributed by atoms with E-state index in [-0.39, 0.29) is 23.8 Å². The summed E-state index contributed by atoms with van der Waals surface area (Å²) in [6.45, 7) is 8.42. The Morgan fingerprint density at radius 1 is 1.18 bits per heavy atom. The molecule has 1 rings (SSSR count). The van der Waals surface area contributed by atoms with Crippen molar-refractivity contribution in [3.05, 3.63) is 36.4 Å². The van der Waals surface area contributed by atoms with Gasteiger partial charge in [0.1, 0.15) is 5.75 Å². The van der Waals surface area contributed by atoms with E-state index in [4.69, 9.17) is 4.74 Å². The molecule has 5 heteroatoms. The van der Waals surface area contributed by atoms with Crippen molar-refractivity contribution >= 4 is 17.5 Å². The monoisotopic (exact) mass is 304 g/mol. The summed E-state index contributed by atoms with van der Waals surface area (Å²) < 4.78 is 5.32. The van der Waals surface area contributed by atoms with E-state index in [1.54, 1.807) is 30.3 Å². The summed E-state index contributed by atoms with van der Waals surface area (Å²) in [5.74, 6) is 0.194. The van der Waals surface area contributed by atoms with Gasteiger partial charge in [-0.1, -0.05) is 26.8 Å². The maximum absolute atomic E-state index is 11.7. The van der Waals surface area contributed by atoms with Gasteiger partial charge in [-0.15, -0.1) is 0 Å². The lowest BCUT2D eigenvalue weighted by molar-refractivity contribution is -0.121. The molecule has 2 N–H and O–H groups in total. The maximum Gasteiger partial charge on any atom is 0.244 e. The van der Waals surface area contributed by atoms with E-state index in [1.165, 1.54) is 6.08 Å². The molecule has 0 atom stereocenters. The van der Waals surface area contributed by atoms with Gasteiger partial charge in [-0.2, -0.15) is 0 Å². The van der Waals surface area contributed by atoms with Crippen LogP contribution in [0, 0.1) is 5.41 Å². The van der Waals surface area contributed by atoms with Gasteiger partial charge in [0.05, 0.1) is 13.2 Å². The molecule has 0 aliphatic rings. The summed E-state index contributed by atoms with van der Waals surface area (Å²) in [6.07, 6.45) is 3.25. The Kier molecular flexibility index (Phi) is 6.63. The van der Waals surface area contributed by atoms with Crippen LogP contribution in [0.15, 0.2) is 36.4 Å². The maximum atomic E-state index is 11.7. The molecule has 0 spiro atoms. The second-order valence-corrected chi connectivity index (χ2v) is 5.92. The third-order valence-electron chi connectivity index (χ3n) is 2.61. The van der Waals surface area contributed by atoms with Gasteiger partial charge in [0.15, 0.2) is 0 Å². The predicted octanol–water partition coefficient (Wildman–Crippen LogP) is 2.74. The Bertz CT molecular complexity index is 528. The van der Waals surface area contributed by atoms with Crippen LogP contribution < -0.4 is 15.4 Å². The first kappa shape index (κ1) is 17.8. The number of carbonyl (C=O) groups is 2. The summed E-state index contributed by atoms with van der Waals surface area (Å²) in [4.78, 5) is 23.3. The van der Waals surface area contributed by atoms with Crippen molar-refractivity contribution in [1.29, 1.82) is 0 Å². The molecular weight excluding hydrogens is 280 g/mol. The molecular formula is C17H24N2O3. The molecule has 22 heavy (non-hydrogen) atoms. The van der Waals surface area contributed by atoms with Crippen LogP contribution in [0.4, 0.5) is 5.69 Å². The van der Waals surface area contributed by atoms with Crippen molar-refractivity contribution in [1.82, 2.24) is 5.32 Å². The fraction of sp³-hybridized carbons (Fsp3) is 0.412. The summed E-state index contributed by atoms with van der Waals surface area (Å²) >= 11 is 0. The Morgan fingerprint density at radius 2 is 1.82 bits per heavy atom. The molecule has 0 heterocycles. The average molecular weight is 304 g/mol. The highest BCUT2D eigenvalue weighted by Crippen LogP contribution is 2.15. The van der Waals surface area contributed by atoms with E-state index >= 15 is 0 Å². The Hall–Kier alpha value is -2.30. The number of nitrogens with one attached hydrogen (secondary N) is 2. The standard InChI is InChI=1S/C17H24N2O3/c1-5-22-14-8-6-13(7-9-14)19-16(21)12-18-15(20)10-11-17(2,3)4/h6-11H,5,12H2,1-4H3,(H,18,20)(H,19,21)/b11-10+. The first-order valence-corrected chi connectivity index (χ1v) is 7.30. The zero-order valence-corrected chi connectivity index (χ0v) is 13.6. The van der Waals surface area contributed by atoms with Crippen LogP contribution in [0.1, 0.15) is 27.7 Å². The smallest absolute Gasteiger partial charge is 0.244 e. The van der Waals surface area contributed by atoms with Crippen LogP contribution >= 0.6 is 0 Å². The minimum absolute atomic E-state index is 0.0676. The van der Waals surface area contributed by atoms with E-state index in [0.29, 0.717) is 12.3 Å². The van der Waals surface area contributed by atoms with Crippen molar-refractivity contribution < 1.29 is 14.3 Å². The van der Waals surface area contributed by atoms with Gasteiger partial charge in [0.25, 0.3) is 0 Å². The molecule has 0 fully saturated rings. The topological polar surface area (TPSA) is 67.4 Å². The number of anilines is 1. The minimum atomic E-state index is -0.281. The fourth-order valence-electron chi connectivity index (χ4n) is 1.56. The summed E-state index contributed by atoms with van der Waals surface area (Å²) in [6, 6.07) is 7.07. The normalized spacial score (nSPS) is 11.3. The quantitative estimate of drug-likeness (QED) is 0.794. The van der Waals surface area contributed by atoms with Crippen molar-refractivity contribution in [3.8, 4) is 5.75 Å². The third-order valence-corrected chi connectivity index (χ3v) is 2.61. The molecule has 0 saturated heterocycles. The van der Waals surface area contributed by atoms with Crippen LogP contribution in [0.2, 0.25) is 0 Å². The van der Waals surface area contributed by atoms with Crippen LogP contribution in [0.25, 0.3) is 0 Å². The van der Waals surface area contributed by atoms with Crippen molar-refractivity contribution in [2.75, 3.05) is 18.5 Å². The molecule has 5 nitrogen and oxygen atoms in total. The summed E-state index contributed by atoms with van der Waals surface area (Å²) in [5.41, 5.74) is 0.593. The predicted molar refractivity (Wildman–Crippen MR) is 87.8 cm³/mol. The number of benzene rings is 1. The lowest BCUT2D eigenvalue weighted by Gasteiger charge is -2.11. The zero-order valence-electron chi connectivity index (χ0n) is 13.6. The highest BCUT2D eigenvalue weighted by Gasteiger charge is 2.07. The van der Waals surface area contributed by atoms with Gasteiger partial charge in [-0.3, -0.25) is 9.59 Å². The second kappa shape index (κ2) is 8.22. The lowest BCUT2D eigenvalue weighted by Crippen LogP contribution is -2.31. The SMILES string of the molecule is CCOc1ccc(NC(=O)CNC(=O)/C=C/C(C)(C)C)cc1. The Labute approximate surface area is 131 Å². The van der Waals surface area contributed by atoms with Crippen molar-refractivity contribution in [2.24, 2.45) is 5.41 Å². The molecule has 0 radical (unpaired) electrons. The van der Waals surface area contributed by atoms with Gasteiger partial charge in [0.2, 0.25) is 11.8 Å². The van der Waals surface area contributed by atoms with E-state index in [2.05, 4.69) is 10.6 Å². The van der Waals surface area contributed by atoms with Gasteiger partial charge >= 0.3 is 0 Å². The van der Waals surface area contributed by atoms with Gasteiger partial charge in [-0.05, 0) is 42.7 Å². The minimum Gasteiger partial charge on any atom is -0.494 e.